The van der Waals surface area contributed by atoms with Gasteiger partial charge in [-0.2, -0.15) is 0 Å². The monoisotopic (exact) mass is 228 g/mol. The number of aromatic nitrogens is 2. The summed E-state index contributed by atoms with van der Waals surface area (Å²) in [6.07, 6.45) is 0. The third kappa shape index (κ3) is 3.01. The predicted octanol–water partition coefficient (Wildman–Crippen LogP) is 1.97. The summed E-state index contributed by atoms with van der Waals surface area (Å²) in [5.41, 5.74) is 2.99. The van der Waals surface area contributed by atoms with Gasteiger partial charge in [-0.15, -0.1) is 0 Å². The summed E-state index contributed by atoms with van der Waals surface area (Å²) in [6, 6.07) is 12.0. The number of nitrogens with two attached hydrogens (primary N) is 1. The Morgan fingerprint density at radius 3 is 2.24 bits per heavy atom. The molecule has 0 spiro atoms. The van der Waals surface area contributed by atoms with Crippen molar-refractivity contribution in [3.8, 4) is 0 Å². The highest BCUT2D eigenvalue weighted by molar-refractivity contribution is 5.32. The third-order valence-corrected chi connectivity index (χ3v) is 2.42. The first-order chi connectivity index (χ1) is 8.15. The van der Waals surface area contributed by atoms with Crippen LogP contribution in [0.4, 0.5) is 5.95 Å². The van der Waals surface area contributed by atoms with Crippen molar-refractivity contribution < 1.29 is 0 Å². The fraction of sp³-hybridized carbons (Fsp3) is 0.231. The largest absolute Gasteiger partial charge is 0.274 e. The average Bonchev–Trinajstić information content (AvgIpc) is 2.29. The molecule has 88 valence electrons. The lowest BCUT2D eigenvalue weighted by Gasteiger charge is -2.17. The molecule has 0 saturated carbocycles. The summed E-state index contributed by atoms with van der Waals surface area (Å²) in [5.74, 6) is 6.53. The van der Waals surface area contributed by atoms with Gasteiger partial charge in [-0.05, 0) is 25.5 Å². The zero-order chi connectivity index (χ0) is 12.3. The molecule has 4 heteroatoms. The molecule has 17 heavy (non-hydrogen) atoms. The maximum Gasteiger partial charge on any atom is 0.240 e. The van der Waals surface area contributed by atoms with E-state index in [2.05, 4.69) is 9.97 Å². The van der Waals surface area contributed by atoms with Crippen LogP contribution >= 0.6 is 0 Å². The van der Waals surface area contributed by atoms with Gasteiger partial charge in [0, 0.05) is 11.4 Å². The van der Waals surface area contributed by atoms with Gasteiger partial charge >= 0.3 is 0 Å². The fourth-order valence-corrected chi connectivity index (χ4v) is 1.69. The highest BCUT2D eigenvalue weighted by Crippen LogP contribution is 2.10. The summed E-state index contributed by atoms with van der Waals surface area (Å²) in [4.78, 5) is 8.64. The van der Waals surface area contributed by atoms with Crippen LogP contribution in [0.15, 0.2) is 36.4 Å². The Balaban J connectivity index is 2.17. The van der Waals surface area contributed by atoms with Gasteiger partial charge in [0.2, 0.25) is 5.95 Å². The molecule has 4 nitrogen and oxygen atoms in total. The Labute approximate surface area is 101 Å². The van der Waals surface area contributed by atoms with Crippen LogP contribution < -0.4 is 10.9 Å². The second-order valence-corrected chi connectivity index (χ2v) is 4.06. The number of nitrogens with zero attached hydrogens (tertiary/aromatic N) is 3. The minimum Gasteiger partial charge on any atom is -0.274 e. The maximum absolute atomic E-state index is 5.97. The molecule has 0 saturated heterocycles. The fourth-order valence-electron chi connectivity index (χ4n) is 1.69. The van der Waals surface area contributed by atoms with E-state index in [9.17, 15) is 0 Å². The highest BCUT2D eigenvalue weighted by Gasteiger charge is 2.06. The van der Waals surface area contributed by atoms with Crippen molar-refractivity contribution in [3.05, 3.63) is 53.3 Å². The Kier molecular flexibility index (Phi) is 3.35. The van der Waals surface area contributed by atoms with Crippen LogP contribution in [-0.2, 0) is 6.54 Å². The molecule has 2 aromatic rings. The first kappa shape index (κ1) is 11.5. The van der Waals surface area contributed by atoms with Gasteiger partial charge in [0.1, 0.15) is 0 Å². The molecule has 1 heterocycles. The van der Waals surface area contributed by atoms with Crippen molar-refractivity contribution in [3.63, 3.8) is 0 Å². The van der Waals surface area contributed by atoms with Crippen molar-refractivity contribution in [1.82, 2.24) is 9.97 Å². The standard InChI is InChI=1S/C13H16N4/c1-10-8-11(2)16-13(15-10)17(14)9-12-6-4-3-5-7-12/h3-8H,9,14H2,1-2H3. The molecule has 0 aliphatic carbocycles. The van der Waals surface area contributed by atoms with E-state index in [0.29, 0.717) is 12.5 Å². The molecule has 0 amide bonds. The van der Waals surface area contributed by atoms with Gasteiger partial charge in [-0.1, -0.05) is 30.3 Å². The second kappa shape index (κ2) is 4.93. The lowest BCUT2D eigenvalue weighted by atomic mass is 10.2. The Hall–Kier alpha value is -1.94. The number of anilines is 1. The summed E-state index contributed by atoms with van der Waals surface area (Å²) >= 11 is 0. The number of rotatable bonds is 3. The van der Waals surface area contributed by atoms with E-state index >= 15 is 0 Å². The molecule has 0 fully saturated rings. The molecule has 1 aromatic carbocycles. The second-order valence-electron chi connectivity index (χ2n) is 4.06. The molecule has 2 rings (SSSR count). The molecule has 0 atom stereocenters. The molecule has 0 aliphatic heterocycles. The molecular weight excluding hydrogens is 212 g/mol. The van der Waals surface area contributed by atoms with Crippen molar-refractivity contribution in [2.75, 3.05) is 5.01 Å². The van der Waals surface area contributed by atoms with Crippen LogP contribution in [0.1, 0.15) is 17.0 Å². The summed E-state index contributed by atoms with van der Waals surface area (Å²) in [6.45, 7) is 4.48. The van der Waals surface area contributed by atoms with Crippen molar-refractivity contribution in [1.29, 1.82) is 0 Å². The normalized spacial score (nSPS) is 10.3. The van der Waals surface area contributed by atoms with Crippen LogP contribution in [0, 0.1) is 13.8 Å². The number of benzene rings is 1. The van der Waals surface area contributed by atoms with E-state index in [0.717, 1.165) is 17.0 Å². The van der Waals surface area contributed by atoms with Crippen LogP contribution in [0.3, 0.4) is 0 Å². The molecule has 0 radical (unpaired) electrons. The van der Waals surface area contributed by atoms with Crippen molar-refractivity contribution in [2.45, 2.75) is 20.4 Å². The van der Waals surface area contributed by atoms with Gasteiger partial charge in [-0.25, -0.2) is 15.8 Å². The Morgan fingerprint density at radius 1 is 1.06 bits per heavy atom. The van der Waals surface area contributed by atoms with E-state index < -0.39 is 0 Å². The Morgan fingerprint density at radius 2 is 1.65 bits per heavy atom. The average molecular weight is 228 g/mol. The lowest BCUT2D eigenvalue weighted by molar-refractivity contribution is 0.797. The zero-order valence-electron chi connectivity index (χ0n) is 10.1. The van der Waals surface area contributed by atoms with Gasteiger partial charge in [-0.3, -0.25) is 5.01 Å². The van der Waals surface area contributed by atoms with Gasteiger partial charge in [0.15, 0.2) is 0 Å². The Bertz CT molecular complexity index is 476. The van der Waals surface area contributed by atoms with E-state index in [1.54, 1.807) is 5.01 Å². The van der Waals surface area contributed by atoms with E-state index in [1.807, 2.05) is 50.2 Å². The molecular formula is C13H16N4. The van der Waals surface area contributed by atoms with Gasteiger partial charge in [0.25, 0.3) is 0 Å². The number of hydrazine groups is 1. The zero-order valence-corrected chi connectivity index (χ0v) is 10.1. The minimum absolute atomic E-state index is 0.561. The van der Waals surface area contributed by atoms with Gasteiger partial charge in [0.05, 0.1) is 6.54 Å². The van der Waals surface area contributed by atoms with E-state index in [-0.39, 0.29) is 0 Å². The van der Waals surface area contributed by atoms with Gasteiger partial charge < -0.3 is 0 Å². The van der Waals surface area contributed by atoms with Crippen molar-refractivity contribution in [2.24, 2.45) is 5.84 Å². The molecule has 0 aliphatic rings. The molecule has 1 aromatic heterocycles. The molecule has 0 unspecified atom stereocenters. The number of hydrogen-bond donors (Lipinski definition) is 1. The summed E-state index contributed by atoms with van der Waals surface area (Å²) < 4.78 is 0. The first-order valence-electron chi connectivity index (χ1n) is 5.53. The highest BCUT2D eigenvalue weighted by atomic mass is 15.5. The van der Waals surface area contributed by atoms with Crippen LogP contribution in [0.5, 0.6) is 0 Å². The summed E-state index contributed by atoms with van der Waals surface area (Å²) in [5, 5.41) is 1.56. The van der Waals surface area contributed by atoms with Crippen molar-refractivity contribution >= 4 is 5.95 Å². The first-order valence-corrected chi connectivity index (χ1v) is 5.53. The van der Waals surface area contributed by atoms with Crippen LogP contribution in [0.2, 0.25) is 0 Å². The van der Waals surface area contributed by atoms with Crippen LogP contribution in [0.25, 0.3) is 0 Å². The number of aryl methyl sites for hydroxylation is 2. The summed E-state index contributed by atoms with van der Waals surface area (Å²) in [7, 11) is 0. The lowest BCUT2D eigenvalue weighted by Crippen LogP contribution is -2.32. The number of hydrogen-bond acceptors (Lipinski definition) is 4. The maximum atomic E-state index is 5.97. The predicted molar refractivity (Wildman–Crippen MR) is 68.3 cm³/mol. The molecule has 2 N–H and O–H groups in total. The topological polar surface area (TPSA) is 55.0 Å². The SMILES string of the molecule is Cc1cc(C)nc(N(N)Cc2ccccc2)n1. The van der Waals surface area contributed by atoms with E-state index in [1.165, 1.54) is 0 Å². The quantitative estimate of drug-likeness (QED) is 0.644. The third-order valence-electron chi connectivity index (χ3n) is 2.42. The van der Waals surface area contributed by atoms with Crippen LogP contribution in [-0.4, -0.2) is 9.97 Å². The molecule has 0 bridgehead atoms. The van der Waals surface area contributed by atoms with E-state index in [4.69, 9.17) is 5.84 Å². The minimum atomic E-state index is 0.561. The smallest absolute Gasteiger partial charge is 0.240 e.